The van der Waals surface area contributed by atoms with E-state index in [1.807, 2.05) is 61.5 Å². The molecule has 0 saturated carbocycles. The quantitative estimate of drug-likeness (QED) is 0.268. The lowest BCUT2D eigenvalue weighted by molar-refractivity contribution is -0.122. The van der Waals surface area contributed by atoms with Crippen LogP contribution < -0.4 is 19.9 Å². The third-order valence-electron chi connectivity index (χ3n) is 8.10. The lowest BCUT2D eigenvalue weighted by Gasteiger charge is -2.31. The van der Waals surface area contributed by atoms with Crippen LogP contribution in [0.3, 0.4) is 0 Å². The molecular formula is C35H34N2O6. The van der Waals surface area contributed by atoms with Crippen LogP contribution in [0.2, 0.25) is 0 Å². The molecule has 43 heavy (non-hydrogen) atoms. The maximum absolute atomic E-state index is 14.6. The lowest BCUT2D eigenvalue weighted by Crippen LogP contribution is -2.46. The van der Waals surface area contributed by atoms with Gasteiger partial charge in [-0.3, -0.25) is 14.4 Å². The lowest BCUT2D eigenvalue weighted by atomic mass is 9.76. The molecule has 1 aliphatic heterocycles. The van der Waals surface area contributed by atoms with Crippen LogP contribution in [0.5, 0.6) is 17.2 Å². The minimum atomic E-state index is -1.12. The molecule has 0 aromatic heterocycles. The average molecular weight is 579 g/mol. The Morgan fingerprint density at radius 1 is 0.698 bits per heavy atom. The number of hydrogen-bond acceptors (Lipinski definition) is 6. The maximum Gasteiger partial charge on any atom is 0.255 e. The Hall–Kier alpha value is -5.11. The number of amides is 2. The van der Waals surface area contributed by atoms with Gasteiger partial charge in [-0.25, -0.2) is 0 Å². The third kappa shape index (κ3) is 5.56. The van der Waals surface area contributed by atoms with Crippen LogP contribution in [0.25, 0.3) is 0 Å². The molecule has 8 heteroatoms. The molecule has 0 bridgehead atoms. The van der Waals surface area contributed by atoms with Crippen molar-refractivity contribution in [3.63, 3.8) is 0 Å². The molecular weight excluding hydrogens is 544 g/mol. The molecule has 2 N–H and O–H groups in total. The normalized spacial score (nSPS) is 19.5. The molecule has 1 saturated heterocycles. The van der Waals surface area contributed by atoms with Crippen LogP contribution in [0.4, 0.5) is 0 Å². The number of primary amides is 1. The van der Waals surface area contributed by atoms with E-state index in [1.54, 1.807) is 49.6 Å². The Balaban J connectivity index is 1.75. The largest absolute Gasteiger partial charge is 0.497 e. The fourth-order valence-electron chi connectivity index (χ4n) is 6.05. The van der Waals surface area contributed by atoms with Crippen molar-refractivity contribution in [3.8, 4) is 17.2 Å². The first-order valence-electron chi connectivity index (χ1n) is 13.9. The number of nitrogens with two attached hydrogens (primary N) is 1. The van der Waals surface area contributed by atoms with Crippen molar-refractivity contribution < 1.29 is 28.6 Å². The number of ether oxygens (including phenoxy) is 3. The van der Waals surface area contributed by atoms with Gasteiger partial charge in [-0.2, -0.15) is 0 Å². The molecule has 0 spiro atoms. The van der Waals surface area contributed by atoms with E-state index >= 15 is 0 Å². The molecule has 5 rings (SSSR count). The van der Waals surface area contributed by atoms with Gasteiger partial charge in [0.1, 0.15) is 11.8 Å². The highest BCUT2D eigenvalue weighted by molar-refractivity contribution is 6.04. The third-order valence-corrected chi connectivity index (χ3v) is 8.10. The summed E-state index contributed by atoms with van der Waals surface area (Å²) in [5, 5.41) is 0. The van der Waals surface area contributed by atoms with Crippen molar-refractivity contribution in [3.05, 3.63) is 125 Å². The first kappa shape index (κ1) is 29.4. The maximum atomic E-state index is 14.6. The van der Waals surface area contributed by atoms with Gasteiger partial charge in [-0.05, 0) is 60.5 Å². The molecule has 8 nitrogen and oxygen atoms in total. The van der Waals surface area contributed by atoms with Gasteiger partial charge in [-0.1, -0.05) is 60.2 Å². The summed E-state index contributed by atoms with van der Waals surface area (Å²) in [6.45, 7) is 1.96. The molecule has 4 aromatic rings. The summed E-state index contributed by atoms with van der Waals surface area (Å²) in [5.74, 6) is -1.50. The van der Waals surface area contributed by atoms with Gasteiger partial charge in [0, 0.05) is 17.0 Å². The van der Waals surface area contributed by atoms with E-state index in [2.05, 4.69) is 0 Å². The molecule has 1 heterocycles. The van der Waals surface area contributed by atoms with Gasteiger partial charge in [0.2, 0.25) is 5.91 Å². The number of methoxy groups -OCH3 is 3. The monoisotopic (exact) mass is 578 g/mol. The van der Waals surface area contributed by atoms with E-state index in [0.29, 0.717) is 22.8 Å². The summed E-state index contributed by atoms with van der Waals surface area (Å²) in [5.41, 5.74) is 9.31. The number of benzene rings is 4. The fraction of sp³-hybridized carbons (Fsp3) is 0.229. The van der Waals surface area contributed by atoms with E-state index in [9.17, 15) is 14.4 Å². The standard InChI is InChI=1S/C35H34N2O6/c1-21-10-12-23(13-11-21)31-30(33(38)24-14-17-26(41-2)18-15-24)29(22-8-6-5-7-9-22)32(34(36)39)37(31)35(40)25-16-19-27(42-3)28(20-25)43-4/h5-20,29-32H,1-4H3,(H2,36,39). The number of nitrogens with zero attached hydrogens (tertiary/aromatic N) is 1. The van der Waals surface area contributed by atoms with Crippen molar-refractivity contribution in [1.82, 2.24) is 4.90 Å². The van der Waals surface area contributed by atoms with Crippen molar-refractivity contribution >= 4 is 17.6 Å². The van der Waals surface area contributed by atoms with E-state index < -0.39 is 35.7 Å². The van der Waals surface area contributed by atoms with Crippen molar-refractivity contribution in [2.45, 2.75) is 24.9 Å². The number of Topliss-reactive ketones (excluding diaryl/α,β-unsaturated/α-hetero) is 1. The highest BCUT2D eigenvalue weighted by Crippen LogP contribution is 2.52. The van der Waals surface area contributed by atoms with Crippen LogP contribution >= 0.6 is 0 Å². The summed E-state index contributed by atoms with van der Waals surface area (Å²) in [6.07, 6.45) is 0. The van der Waals surface area contributed by atoms with Gasteiger partial charge >= 0.3 is 0 Å². The number of hydrogen-bond donors (Lipinski definition) is 1. The molecule has 0 aliphatic carbocycles. The van der Waals surface area contributed by atoms with Crippen LogP contribution in [-0.2, 0) is 4.79 Å². The smallest absolute Gasteiger partial charge is 0.255 e. The molecule has 4 aromatic carbocycles. The van der Waals surface area contributed by atoms with E-state index in [-0.39, 0.29) is 11.3 Å². The zero-order valence-electron chi connectivity index (χ0n) is 24.5. The summed E-state index contributed by atoms with van der Waals surface area (Å²) in [6, 6.07) is 26.7. The Morgan fingerprint density at radius 3 is 1.91 bits per heavy atom. The van der Waals surface area contributed by atoms with Gasteiger partial charge in [0.15, 0.2) is 17.3 Å². The van der Waals surface area contributed by atoms with Gasteiger partial charge in [0.25, 0.3) is 5.91 Å². The molecule has 4 unspecified atom stereocenters. The summed E-state index contributed by atoms with van der Waals surface area (Å²) in [7, 11) is 4.55. The Morgan fingerprint density at radius 2 is 1.33 bits per heavy atom. The van der Waals surface area contributed by atoms with Crippen LogP contribution in [0, 0.1) is 12.8 Å². The second kappa shape index (κ2) is 12.4. The second-order valence-corrected chi connectivity index (χ2v) is 10.5. The van der Waals surface area contributed by atoms with Crippen molar-refractivity contribution in [1.29, 1.82) is 0 Å². The number of carbonyl (C=O) groups is 3. The summed E-state index contributed by atoms with van der Waals surface area (Å²) >= 11 is 0. The minimum Gasteiger partial charge on any atom is -0.497 e. The molecule has 0 radical (unpaired) electrons. The Labute approximate surface area is 251 Å². The number of likely N-dealkylation sites (tertiary alicyclic amines) is 1. The van der Waals surface area contributed by atoms with Crippen molar-refractivity contribution in [2.75, 3.05) is 21.3 Å². The molecule has 4 atom stereocenters. The van der Waals surface area contributed by atoms with Gasteiger partial charge < -0.3 is 24.8 Å². The topological polar surface area (TPSA) is 108 Å². The predicted molar refractivity (Wildman–Crippen MR) is 163 cm³/mol. The SMILES string of the molecule is COc1ccc(C(=O)C2C(c3ccccc3)C(C(N)=O)N(C(=O)c3ccc(OC)c(OC)c3)C2c2ccc(C)cc2)cc1. The average Bonchev–Trinajstić information content (AvgIpc) is 3.41. The molecule has 220 valence electrons. The van der Waals surface area contributed by atoms with Crippen LogP contribution in [-0.4, -0.2) is 49.9 Å². The number of aryl methyl sites for hydroxylation is 1. The van der Waals surface area contributed by atoms with Gasteiger partial charge in [-0.15, -0.1) is 0 Å². The van der Waals surface area contributed by atoms with E-state index in [1.165, 1.54) is 19.1 Å². The zero-order chi connectivity index (χ0) is 30.7. The summed E-state index contributed by atoms with van der Waals surface area (Å²) in [4.78, 5) is 44.0. The number of carbonyl (C=O) groups excluding carboxylic acids is 3. The molecule has 1 fully saturated rings. The van der Waals surface area contributed by atoms with Crippen LogP contribution in [0.1, 0.15) is 49.4 Å². The Kier molecular flexibility index (Phi) is 8.48. The predicted octanol–water partition coefficient (Wildman–Crippen LogP) is 5.35. The van der Waals surface area contributed by atoms with E-state index in [0.717, 1.165) is 16.7 Å². The van der Waals surface area contributed by atoms with Crippen LogP contribution in [0.15, 0.2) is 97.1 Å². The zero-order valence-corrected chi connectivity index (χ0v) is 24.5. The fourth-order valence-corrected chi connectivity index (χ4v) is 6.05. The molecule has 2 amide bonds. The first-order chi connectivity index (χ1) is 20.8. The second-order valence-electron chi connectivity index (χ2n) is 10.5. The highest BCUT2D eigenvalue weighted by Gasteiger charge is 2.57. The highest BCUT2D eigenvalue weighted by atomic mass is 16.5. The Bertz CT molecular complexity index is 1620. The van der Waals surface area contributed by atoms with E-state index in [4.69, 9.17) is 19.9 Å². The number of rotatable bonds is 9. The van der Waals surface area contributed by atoms with Crippen molar-refractivity contribution in [2.24, 2.45) is 11.7 Å². The number of ketones is 1. The summed E-state index contributed by atoms with van der Waals surface area (Å²) < 4.78 is 16.1. The minimum absolute atomic E-state index is 0.212. The molecule has 1 aliphatic rings. The first-order valence-corrected chi connectivity index (χ1v) is 13.9. The van der Waals surface area contributed by atoms with Gasteiger partial charge in [0.05, 0.1) is 33.3 Å².